The van der Waals surface area contributed by atoms with Crippen molar-refractivity contribution < 1.29 is 9.32 Å². The number of carbonyl (C=O) groups excluding carboxylic acids is 1. The van der Waals surface area contributed by atoms with Crippen molar-refractivity contribution in [1.82, 2.24) is 15.5 Å². The number of benzene rings is 1. The highest BCUT2D eigenvalue weighted by Gasteiger charge is 2.22. The van der Waals surface area contributed by atoms with E-state index in [2.05, 4.69) is 21.5 Å². The van der Waals surface area contributed by atoms with E-state index in [1.807, 2.05) is 19.1 Å². The van der Waals surface area contributed by atoms with Gasteiger partial charge in [0.2, 0.25) is 18.1 Å². The number of fused-ring (bicyclic) bond motifs is 1. The molecule has 2 aromatic rings. The van der Waals surface area contributed by atoms with Gasteiger partial charge in [-0.25, -0.2) is 0 Å². The lowest BCUT2D eigenvalue weighted by molar-refractivity contribution is -0.110. The van der Waals surface area contributed by atoms with Gasteiger partial charge in [0.25, 0.3) is 0 Å². The topological polar surface area (TPSA) is 68.0 Å². The second-order valence-corrected chi connectivity index (χ2v) is 4.65. The summed E-state index contributed by atoms with van der Waals surface area (Å²) >= 11 is 0. The average Bonchev–Trinajstić information content (AvgIpc) is 3.05. The van der Waals surface area contributed by atoms with Crippen LogP contribution >= 0.6 is 0 Å². The van der Waals surface area contributed by atoms with Gasteiger partial charge in [0.15, 0.2) is 0 Å². The van der Waals surface area contributed by atoms with Crippen molar-refractivity contribution in [2.24, 2.45) is 0 Å². The molecule has 0 saturated heterocycles. The Morgan fingerprint density at radius 3 is 3.16 bits per heavy atom. The lowest BCUT2D eigenvalue weighted by Crippen LogP contribution is -2.16. The molecule has 1 N–H and O–H groups in total. The Balaban J connectivity index is 1.92. The van der Waals surface area contributed by atoms with Crippen LogP contribution in [0.25, 0.3) is 11.4 Å². The van der Waals surface area contributed by atoms with Gasteiger partial charge < -0.3 is 9.84 Å². The number of nitrogens with one attached hydrogen (secondary N) is 1. The van der Waals surface area contributed by atoms with Crippen LogP contribution in [0.5, 0.6) is 0 Å². The summed E-state index contributed by atoms with van der Waals surface area (Å²) in [4.78, 5) is 14.9. The van der Waals surface area contributed by atoms with Crippen LogP contribution in [0.4, 0.5) is 0 Å². The van der Waals surface area contributed by atoms with Gasteiger partial charge in [-0.1, -0.05) is 24.2 Å². The average molecular weight is 257 g/mol. The maximum Gasteiger partial charge on any atom is 0.226 e. The first-order chi connectivity index (χ1) is 9.31. The Morgan fingerprint density at radius 1 is 1.53 bits per heavy atom. The zero-order valence-corrected chi connectivity index (χ0v) is 10.7. The number of nitrogens with zero attached hydrogens (tertiary/aromatic N) is 2. The van der Waals surface area contributed by atoms with Crippen LogP contribution in [-0.2, 0) is 17.6 Å². The highest BCUT2D eigenvalue weighted by atomic mass is 16.5. The van der Waals surface area contributed by atoms with E-state index in [0.29, 0.717) is 11.7 Å². The van der Waals surface area contributed by atoms with Gasteiger partial charge in [0, 0.05) is 12.0 Å². The fraction of sp³-hybridized carbons (Fsp3) is 0.357. The van der Waals surface area contributed by atoms with E-state index in [1.165, 1.54) is 11.1 Å². The number of aryl methyl sites for hydroxylation is 2. The van der Waals surface area contributed by atoms with Gasteiger partial charge in [-0.05, 0) is 30.0 Å². The molecule has 98 valence electrons. The number of rotatable bonds is 4. The van der Waals surface area contributed by atoms with E-state index >= 15 is 0 Å². The first-order valence-electron chi connectivity index (χ1n) is 6.47. The summed E-state index contributed by atoms with van der Waals surface area (Å²) in [7, 11) is 0. The van der Waals surface area contributed by atoms with Gasteiger partial charge in [-0.15, -0.1) is 0 Å². The Hall–Kier alpha value is -2.17. The molecule has 3 rings (SSSR count). The monoisotopic (exact) mass is 257 g/mol. The van der Waals surface area contributed by atoms with Gasteiger partial charge in [0.05, 0.1) is 6.04 Å². The maximum absolute atomic E-state index is 10.6. The summed E-state index contributed by atoms with van der Waals surface area (Å²) in [5.41, 5.74) is 3.41. The van der Waals surface area contributed by atoms with Crippen LogP contribution in [0.2, 0.25) is 0 Å². The minimum Gasteiger partial charge on any atom is -0.352 e. The zero-order chi connectivity index (χ0) is 13.2. The molecule has 0 fully saturated rings. The Labute approximate surface area is 111 Å². The van der Waals surface area contributed by atoms with Crippen molar-refractivity contribution in [2.45, 2.75) is 32.2 Å². The van der Waals surface area contributed by atoms with Crippen molar-refractivity contribution in [3.8, 4) is 11.4 Å². The fourth-order valence-electron chi connectivity index (χ4n) is 2.53. The summed E-state index contributed by atoms with van der Waals surface area (Å²) < 4.78 is 5.13. The molecule has 1 unspecified atom stereocenters. The number of hydrogen-bond acceptors (Lipinski definition) is 4. The van der Waals surface area contributed by atoms with Gasteiger partial charge in [-0.3, -0.25) is 4.79 Å². The minimum atomic E-state index is 0.137. The predicted octanol–water partition coefficient (Wildman–Crippen LogP) is 2.03. The van der Waals surface area contributed by atoms with E-state index in [4.69, 9.17) is 4.52 Å². The first-order valence-corrected chi connectivity index (χ1v) is 6.47. The quantitative estimate of drug-likeness (QED) is 0.851. The van der Waals surface area contributed by atoms with Crippen molar-refractivity contribution in [3.63, 3.8) is 0 Å². The van der Waals surface area contributed by atoms with Crippen molar-refractivity contribution >= 4 is 6.41 Å². The highest BCUT2D eigenvalue weighted by Crippen LogP contribution is 2.33. The van der Waals surface area contributed by atoms with E-state index < -0.39 is 0 Å². The molecule has 1 atom stereocenters. The van der Waals surface area contributed by atoms with Crippen LogP contribution in [0.1, 0.15) is 36.4 Å². The van der Waals surface area contributed by atoms with E-state index in [9.17, 15) is 4.79 Å². The van der Waals surface area contributed by atoms with Crippen LogP contribution in [0, 0.1) is 0 Å². The zero-order valence-electron chi connectivity index (χ0n) is 10.7. The molecule has 0 radical (unpaired) electrons. The maximum atomic E-state index is 10.6. The van der Waals surface area contributed by atoms with Crippen molar-refractivity contribution in [3.05, 3.63) is 35.2 Å². The molecule has 5 heteroatoms. The second-order valence-electron chi connectivity index (χ2n) is 4.65. The van der Waals surface area contributed by atoms with Gasteiger partial charge in [-0.2, -0.15) is 4.98 Å². The van der Waals surface area contributed by atoms with Crippen LogP contribution in [0.3, 0.4) is 0 Å². The fourth-order valence-corrected chi connectivity index (χ4v) is 2.53. The first kappa shape index (κ1) is 11.9. The summed E-state index contributed by atoms with van der Waals surface area (Å²) in [6.45, 7) is 1.98. The highest BCUT2D eigenvalue weighted by molar-refractivity contribution is 5.59. The van der Waals surface area contributed by atoms with E-state index in [1.54, 1.807) is 0 Å². The van der Waals surface area contributed by atoms with Crippen LogP contribution in [-0.4, -0.2) is 16.6 Å². The number of amides is 1. The van der Waals surface area contributed by atoms with Crippen LogP contribution < -0.4 is 5.32 Å². The van der Waals surface area contributed by atoms with Crippen molar-refractivity contribution in [1.29, 1.82) is 0 Å². The number of carbonyl (C=O) groups is 1. The molecule has 5 nitrogen and oxygen atoms in total. The molecule has 1 aliphatic rings. The van der Waals surface area contributed by atoms with Gasteiger partial charge in [0.1, 0.15) is 0 Å². The normalized spacial score (nSPS) is 17.2. The van der Waals surface area contributed by atoms with E-state index in [0.717, 1.165) is 31.2 Å². The molecule has 0 bridgehead atoms. The summed E-state index contributed by atoms with van der Waals surface area (Å²) in [5.74, 6) is 1.28. The molecule has 0 spiro atoms. The second kappa shape index (κ2) is 4.84. The molecular weight excluding hydrogens is 242 g/mol. The molecule has 1 amide bonds. The predicted molar refractivity (Wildman–Crippen MR) is 69.4 cm³/mol. The Morgan fingerprint density at radius 2 is 2.42 bits per heavy atom. The Bertz CT molecular complexity index is 606. The molecule has 19 heavy (non-hydrogen) atoms. The van der Waals surface area contributed by atoms with Gasteiger partial charge >= 0.3 is 0 Å². The molecule has 1 aromatic heterocycles. The number of hydrogen-bond donors (Lipinski definition) is 1. The van der Waals surface area contributed by atoms with Crippen molar-refractivity contribution in [2.75, 3.05) is 0 Å². The van der Waals surface area contributed by atoms with Crippen LogP contribution in [0.15, 0.2) is 22.7 Å². The molecule has 1 aromatic carbocycles. The summed E-state index contributed by atoms with van der Waals surface area (Å²) in [6.07, 6.45) is 3.42. The largest absolute Gasteiger partial charge is 0.352 e. The number of aromatic nitrogens is 2. The third-order valence-electron chi connectivity index (χ3n) is 3.52. The Kier molecular flexibility index (Phi) is 3.03. The lowest BCUT2D eigenvalue weighted by atomic mass is 10.0. The molecule has 0 aliphatic heterocycles. The summed E-state index contributed by atoms with van der Waals surface area (Å²) in [6, 6.07) is 6.25. The molecule has 1 aliphatic carbocycles. The summed E-state index contributed by atoms with van der Waals surface area (Å²) in [5, 5.41) is 6.82. The SMILES string of the molecule is CCc1nc(-c2ccc3c(c2)CCC3NC=O)no1. The standard InChI is InChI=1S/C14H15N3O2/c1-2-13-16-14(17-19-13)10-3-5-11-9(7-10)4-6-12(11)15-8-18/h3,5,7-8,12H,2,4,6H2,1H3,(H,15,18). The molecule has 1 heterocycles. The third kappa shape index (κ3) is 2.12. The molecular formula is C14H15N3O2. The minimum absolute atomic E-state index is 0.137. The smallest absolute Gasteiger partial charge is 0.226 e. The van der Waals surface area contributed by atoms with E-state index in [-0.39, 0.29) is 6.04 Å². The molecule has 0 saturated carbocycles. The lowest BCUT2D eigenvalue weighted by Gasteiger charge is -2.09. The third-order valence-corrected chi connectivity index (χ3v) is 3.52.